The molecule has 0 aromatic heterocycles. The van der Waals surface area contributed by atoms with Gasteiger partial charge < -0.3 is 14.2 Å². The summed E-state index contributed by atoms with van der Waals surface area (Å²) in [5.41, 5.74) is 0.148. The molecule has 1 heterocycles. The molecule has 2 aliphatic rings. The summed E-state index contributed by atoms with van der Waals surface area (Å²) < 4.78 is 30.4. The number of carbonyl (C=O) groups excluding carboxylic acids is 1. The first-order valence-electron chi connectivity index (χ1n) is 7.31. The van der Waals surface area contributed by atoms with E-state index >= 15 is 0 Å². The van der Waals surface area contributed by atoms with E-state index in [0.29, 0.717) is 13.2 Å². The molecule has 1 fully saturated rings. The molecule has 0 bridgehead atoms. The van der Waals surface area contributed by atoms with E-state index in [9.17, 15) is 9.18 Å². The van der Waals surface area contributed by atoms with Crippen LogP contribution >= 0.6 is 0 Å². The Bertz CT molecular complexity index is 593. The molecule has 5 heteroatoms. The minimum absolute atomic E-state index is 0.0323. The molecule has 1 aliphatic heterocycles. The van der Waals surface area contributed by atoms with Crippen LogP contribution in [-0.4, -0.2) is 29.9 Å². The number of ketones is 1. The van der Waals surface area contributed by atoms with Gasteiger partial charge >= 0.3 is 0 Å². The van der Waals surface area contributed by atoms with Crippen molar-refractivity contribution >= 4 is 5.78 Å². The van der Waals surface area contributed by atoms with Gasteiger partial charge in [-0.15, -0.1) is 0 Å². The maximum Gasteiger partial charge on any atom is 0.164 e. The number of halogens is 1. The molecule has 4 nitrogen and oxygen atoms in total. The zero-order valence-electron chi connectivity index (χ0n) is 12.7. The number of allylic oxidation sites excluding steroid dienone is 1. The van der Waals surface area contributed by atoms with Gasteiger partial charge in [0.2, 0.25) is 0 Å². The SMILES string of the molecule is CC1(C)O[C@H](COCc2ccc(F)cc2)[C@@]2(C=CC(=O)C2)O1. The van der Waals surface area contributed by atoms with E-state index in [2.05, 4.69) is 0 Å². The molecular formula is C17H19FO4. The highest BCUT2D eigenvalue weighted by Crippen LogP contribution is 2.42. The Morgan fingerprint density at radius 3 is 2.68 bits per heavy atom. The lowest BCUT2D eigenvalue weighted by Crippen LogP contribution is -2.40. The highest BCUT2D eigenvalue weighted by atomic mass is 19.1. The minimum Gasteiger partial charge on any atom is -0.374 e. The smallest absolute Gasteiger partial charge is 0.164 e. The summed E-state index contributed by atoms with van der Waals surface area (Å²) in [6.45, 7) is 4.31. The Morgan fingerprint density at radius 2 is 2.05 bits per heavy atom. The standard InChI is InChI=1S/C17H19FO4/c1-16(2)21-15(17(22-16)8-7-14(19)9-17)11-20-10-12-3-5-13(18)6-4-12/h3-8,15H,9-11H2,1-2H3/t15-,17+/m1/s1. The van der Waals surface area contributed by atoms with Gasteiger partial charge in [-0.2, -0.15) is 0 Å². The number of hydrogen-bond acceptors (Lipinski definition) is 4. The van der Waals surface area contributed by atoms with E-state index in [1.54, 1.807) is 18.2 Å². The summed E-state index contributed by atoms with van der Waals surface area (Å²) in [6.07, 6.45) is 3.25. The van der Waals surface area contributed by atoms with Crippen LogP contribution < -0.4 is 0 Å². The number of rotatable bonds is 4. The second-order valence-corrected chi connectivity index (χ2v) is 6.18. The number of ether oxygens (including phenoxy) is 3. The Morgan fingerprint density at radius 1 is 1.32 bits per heavy atom. The number of hydrogen-bond donors (Lipinski definition) is 0. The fraction of sp³-hybridized carbons (Fsp3) is 0.471. The highest BCUT2D eigenvalue weighted by molar-refractivity contribution is 5.93. The Kier molecular flexibility index (Phi) is 3.89. The molecule has 3 rings (SSSR count). The molecule has 1 spiro atoms. The predicted octanol–water partition coefficient (Wildman–Crippen LogP) is 2.76. The first-order chi connectivity index (χ1) is 10.4. The first-order valence-corrected chi connectivity index (χ1v) is 7.31. The third-order valence-corrected chi connectivity index (χ3v) is 3.86. The third kappa shape index (κ3) is 3.11. The van der Waals surface area contributed by atoms with Crippen LogP contribution in [0.1, 0.15) is 25.8 Å². The molecule has 118 valence electrons. The van der Waals surface area contributed by atoms with Crippen LogP contribution in [0.2, 0.25) is 0 Å². The molecule has 1 aromatic carbocycles. The van der Waals surface area contributed by atoms with Gasteiger partial charge in [0.15, 0.2) is 11.6 Å². The van der Waals surface area contributed by atoms with Crippen molar-refractivity contribution in [3.8, 4) is 0 Å². The minimum atomic E-state index is -0.751. The summed E-state index contributed by atoms with van der Waals surface area (Å²) in [4.78, 5) is 11.6. The molecule has 0 N–H and O–H groups in total. The second kappa shape index (κ2) is 5.57. The molecule has 0 saturated carbocycles. The van der Waals surface area contributed by atoms with Crippen LogP contribution in [-0.2, 0) is 25.6 Å². The lowest BCUT2D eigenvalue weighted by atomic mass is 9.96. The molecule has 2 atom stereocenters. The van der Waals surface area contributed by atoms with E-state index in [4.69, 9.17) is 14.2 Å². The fourth-order valence-corrected chi connectivity index (χ4v) is 2.94. The Balaban J connectivity index is 1.62. The van der Waals surface area contributed by atoms with Crippen LogP contribution in [0.4, 0.5) is 4.39 Å². The normalized spacial score (nSPS) is 29.6. The van der Waals surface area contributed by atoms with Crippen LogP contribution in [0, 0.1) is 5.82 Å². The van der Waals surface area contributed by atoms with E-state index < -0.39 is 11.4 Å². The van der Waals surface area contributed by atoms with Crippen molar-refractivity contribution in [2.45, 2.75) is 44.4 Å². The molecule has 0 radical (unpaired) electrons. The number of carbonyl (C=O) groups is 1. The Hall–Kier alpha value is -1.56. The van der Waals surface area contributed by atoms with Crippen molar-refractivity contribution < 1.29 is 23.4 Å². The third-order valence-electron chi connectivity index (χ3n) is 3.86. The summed E-state index contributed by atoms with van der Waals surface area (Å²) in [6, 6.07) is 6.16. The second-order valence-electron chi connectivity index (χ2n) is 6.18. The van der Waals surface area contributed by atoms with E-state index in [1.165, 1.54) is 18.2 Å². The van der Waals surface area contributed by atoms with Crippen LogP contribution in [0.3, 0.4) is 0 Å². The topological polar surface area (TPSA) is 44.8 Å². The van der Waals surface area contributed by atoms with Crippen molar-refractivity contribution in [3.63, 3.8) is 0 Å². The van der Waals surface area contributed by atoms with Crippen molar-refractivity contribution in [1.29, 1.82) is 0 Å². The van der Waals surface area contributed by atoms with Gasteiger partial charge in [0.1, 0.15) is 17.5 Å². The molecule has 1 aromatic rings. The van der Waals surface area contributed by atoms with Gasteiger partial charge in [-0.3, -0.25) is 4.79 Å². The van der Waals surface area contributed by atoms with Crippen LogP contribution in [0.25, 0.3) is 0 Å². The summed E-state index contributed by atoms with van der Waals surface area (Å²) >= 11 is 0. The van der Waals surface area contributed by atoms with Gasteiger partial charge in [0.25, 0.3) is 0 Å². The maximum absolute atomic E-state index is 12.9. The summed E-state index contributed by atoms with van der Waals surface area (Å²) in [7, 11) is 0. The molecule has 1 aliphatic carbocycles. The molecule has 22 heavy (non-hydrogen) atoms. The van der Waals surface area contributed by atoms with Gasteiger partial charge in [0, 0.05) is 6.42 Å². The first kappa shape index (κ1) is 15.3. The van der Waals surface area contributed by atoms with Crippen molar-refractivity contribution in [3.05, 3.63) is 47.8 Å². The van der Waals surface area contributed by atoms with Gasteiger partial charge in [0.05, 0.1) is 13.2 Å². The van der Waals surface area contributed by atoms with E-state index in [1.807, 2.05) is 13.8 Å². The number of benzene rings is 1. The van der Waals surface area contributed by atoms with Crippen LogP contribution in [0.15, 0.2) is 36.4 Å². The van der Waals surface area contributed by atoms with Gasteiger partial charge in [-0.05, 0) is 43.7 Å². The van der Waals surface area contributed by atoms with Crippen molar-refractivity contribution in [1.82, 2.24) is 0 Å². The molecule has 1 saturated heterocycles. The average Bonchev–Trinajstić information content (AvgIpc) is 2.92. The lowest BCUT2D eigenvalue weighted by Gasteiger charge is -2.25. The average molecular weight is 306 g/mol. The van der Waals surface area contributed by atoms with Crippen molar-refractivity contribution in [2.24, 2.45) is 0 Å². The molecule has 0 unspecified atom stereocenters. The summed E-state index contributed by atoms with van der Waals surface area (Å²) in [5.74, 6) is -0.991. The monoisotopic (exact) mass is 306 g/mol. The van der Waals surface area contributed by atoms with Crippen molar-refractivity contribution in [2.75, 3.05) is 6.61 Å². The van der Waals surface area contributed by atoms with E-state index in [-0.39, 0.29) is 24.1 Å². The van der Waals surface area contributed by atoms with Gasteiger partial charge in [-0.1, -0.05) is 12.1 Å². The zero-order chi connectivity index (χ0) is 15.8. The quantitative estimate of drug-likeness (QED) is 0.858. The lowest BCUT2D eigenvalue weighted by molar-refractivity contribution is -0.159. The molecular weight excluding hydrogens is 287 g/mol. The highest BCUT2D eigenvalue weighted by Gasteiger charge is 2.54. The predicted molar refractivity (Wildman–Crippen MR) is 77.6 cm³/mol. The zero-order valence-corrected chi connectivity index (χ0v) is 12.7. The van der Waals surface area contributed by atoms with E-state index in [0.717, 1.165) is 5.56 Å². The Labute approximate surface area is 128 Å². The molecule has 0 amide bonds. The van der Waals surface area contributed by atoms with Gasteiger partial charge in [-0.25, -0.2) is 4.39 Å². The fourth-order valence-electron chi connectivity index (χ4n) is 2.94. The summed E-state index contributed by atoms with van der Waals surface area (Å²) in [5, 5.41) is 0. The maximum atomic E-state index is 12.9. The largest absolute Gasteiger partial charge is 0.374 e. The van der Waals surface area contributed by atoms with Crippen LogP contribution in [0.5, 0.6) is 0 Å².